The van der Waals surface area contributed by atoms with Crippen molar-refractivity contribution in [1.29, 1.82) is 0 Å². The van der Waals surface area contributed by atoms with Gasteiger partial charge in [0.25, 0.3) is 0 Å². The van der Waals surface area contributed by atoms with Crippen LogP contribution in [-0.4, -0.2) is 32.6 Å². The zero-order chi connectivity index (χ0) is 6.08. The fourth-order valence-electron chi connectivity index (χ4n) is 0. The first-order chi connectivity index (χ1) is 2.94. The van der Waals surface area contributed by atoms with Crippen molar-refractivity contribution < 1.29 is 20.4 Å². The summed E-state index contributed by atoms with van der Waals surface area (Å²) in [4.78, 5) is 0. The van der Waals surface area contributed by atoms with Crippen molar-refractivity contribution in [1.82, 2.24) is 0 Å². The van der Waals surface area contributed by atoms with Crippen molar-refractivity contribution >= 4 is 12.4 Å². The minimum Gasteiger partial charge on any atom is -0.371 e. The van der Waals surface area contributed by atoms with E-state index in [1.165, 1.54) is 0 Å². The average Bonchev–Trinajstić information content (AvgIpc) is 1.31. The largest absolute Gasteiger partial charge is 0.371 e. The molecule has 0 aliphatic rings. The molecule has 0 rings (SSSR count). The molecule has 0 fully saturated rings. The number of hydrogen-bond acceptors (Lipinski definition) is 5. The molecular weight excluding hydrogens is 137 g/mol. The van der Waals surface area contributed by atoms with Gasteiger partial charge in [-0.3, -0.25) is 5.73 Å². The Morgan fingerprint density at radius 2 is 1.38 bits per heavy atom. The monoisotopic (exact) mass is 145 g/mol. The van der Waals surface area contributed by atoms with Crippen LogP contribution in [0, 0.1) is 0 Å². The summed E-state index contributed by atoms with van der Waals surface area (Å²) in [6, 6.07) is 0. The summed E-state index contributed by atoms with van der Waals surface area (Å²) in [5.74, 6) is -3.17. The SMILES string of the molecule is Cl.NC(O)C(O)(O)O. The van der Waals surface area contributed by atoms with E-state index in [1.54, 1.807) is 0 Å². The molecule has 8 heavy (non-hydrogen) atoms. The van der Waals surface area contributed by atoms with Gasteiger partial charge in [-0.2, -0.15) is 0 Å². The lowest BCUT2D eigenvalue weighted by Gasteiger charge is -2.15. The first kappa shape index (κ1) is 11.0. The van der Waals surface area contributed by atoms with Gasteiger partial charge in [-0.05, 0) is 0 Å². The van der Waals surface area contributed by atoms with Crippen LogP contribution in [-0.2, 0) is 0 Å². The fraction of sp³-hybridized carbons (Fsp3) is 1.00. The maximum atomic E-state index is 7.92. The molecule has 0 aliphatic carbocycles. The maximum absolute atomic E-state index is 7.92. The highest BCUT2D eigenvalue weighted by atomic mass is 35.5. The molecule has 0 saturated carbocycles. The molecule has 0 aliphatic heterocycles. The van der Waals surface area contributed by atoms with Crippen LogP contribution < -0.4 is 5.73 Å². The molecule has 0 bridgehead atoms. The van der Waals surface area contributed by atoms with E-state index in [0.717, 1.165) is 0 Å². The molecule has 1 atom stereocenters. The van der Waals surface area contributed by atoms with Crippen LogP contribution in [0.4, 0.5) is 0 Å². The topological polar surface area (TPSA) is 107 Å². The van der Waals surface area contributed by atoms with E-state index in [4.69, 9.17) is 20.4 Å². The molecule has 0 amide bonds. The quantitative estimate of drug-likeness (QED) is 0.259. The standard InChI is InChI=1S/C2H7NO4.ClH/c3-1(4)2(5,6)7;/h1,4-7H,3H2;1H. The van der Waals surface area contributed by atoms with E-state index in [-0.39, 0.29) is 12.4 Å². The minimum atomic E-state index is -3.17. The lowest BCUT2D eigenvalue weighted by Crippen LogP contribution is -2.47. The van der Waals surface area contributed by atoms with E-state index < -0.39 is 12.2 Å². The van der Waals surface area contributed by atoms with Crippen LogP contribution in [0.1, 0.15) is 0 Å². The summed E-state index contributed by atoms with van der Waals surface area (Å²) in [6.07, 6.45) is -2.03. The number of aliphatic hydroxyl groups is 4. The van der Waals surface area contributed by atoms with Crippen LogP contribution in [0.3, 0.4) is 0 Å². The molecule has 5 nitrogen and oxygen atoms in total. The van der Waals surface area contributed by atoms with Gasteiger partial charge >= 0.3 is 5.97 Å². The molecule has 0 spiro atoms. The van der Waals surface area contributed by atoms with Crippen LogP contribution in [0.25, 0.3) is 0 Å². The zero-order valence-electron chi connectivity index (χ0n) is 3.85. The second kappa shape index (κ2) is 3.18. The van der Waals surface area contributed by atoms with Gasteiger partial charge in [-0.1, -0.05) is 0 Å². The van der Waals surface area contributed by atoms with E-state index in [1.807, 2.05) is 0 Å². The van der Waals surface area contributed by atoms with Gasteiger partial charge in [0, 0.05) is 0 Å². The van der Waals surface area contributed by atoms with E-state index in [0.29, 0.717) is 0 Å². The highest BCUT2D eigenvalue weighted by Crippen LogP contribution is 1.92. The molecule has 6 heteroatoms. The van der Waals surface area contributed by atoms with Crippen LogP contribution in [0.15, 0.2) is 0 Å². The summed E-state index contributed by atoms with van der Waals surface area (Å²) in [5.41, 5.74) is 4.38. The predicted octanol–water partition coefficient (Wildman–Crippen LogP) is -2.68. The number of hydrogen-bond donors (Lipinski definition) is 5. The Balaban J connectivity index is 0. The van der Waals surface area contributed by atoms with Crippen molar-refractivity contribution in [2.75, 3.05) is 0 Å². The van der Waals surface area contributed by atoms with E-state index >= 15 is 0 Å². The van der Waals surface area contributed by atoms with Crippen LogP contribution >= 0.6 is 12.4 Å². The van der Waals surface area contributed by atoms with Crippen molar-refractivity contribution in [2.45, 2.75) is 12.2 Å². The molecule has 0 aromatic heterocycles. The summed E-state index contributed by atoms with van der Waals surface area (Å²) in [5, 5.41) is 31.4. The van der Waals surface area contributed by atoms with Crippen molar-refractivity contribution in [3.05, 3.63) is 0 Å². The Hall–Kier alpha value is 0.0900. The normalized spacial score (nSPS) is 14.6. The van der Waals surface area contributed by atoms with Gasteiger partial charge in [0.15, 0.2) is 6.23 Å². The Labute approximate surface area is 51.8 Å². The number of nitrogens with two attached hydrogens (primary N) is 1. The molecule has 0 aromatic carbocycles. The Kier molecular flexibility index (Phi) is 4.36. The summed E-state index contributed by atoms with van der Waals surface area (Å²) >= 11 is 0. The smallest absolute Gasteiger partial charge is 0.317 e. The van der Waals surface area contributed by atoms with Crippen molar-refractivity contribution in [3.63, 3.8) is 0 Å². The second-order valence-corrected chi connectivity index (χ2v) is 1.13. The third-order valence-electron chi connectivity index (χ3n) is 0.397. The molecule has 0 radical (unpaired) electrons. The Morgan fingerprint density at radius 3 is 1.38 bits per heavy atom. The number of aliphatic hydroxyl groups excluding tert-OH is 1. The van der Waals surface area contributed by atoms with Crippen molar-refractivity contribution in [3.8, 4) is 0 Å². The van der Waals surface area contributed by atoms with Crippen LogP contribution in [0.5, 0.6) is 0 Å². The van der Waals surface area contributed by atoms with Gasteiger partial charge in [-0.15, -0.1) is 12.4 Å². The van der Waals surface area contributed by atoms with Gasteiger partial charge in [0.2, 0.25) is 0 Å². The zero-order valence-corrected chi connectivity index (χ0v) is 4.67. The summed E-state index contributed by atoms with van der Waals surface area (Å²) in [7, 11) is 0. The van der Waals surface area contributed by atoms with E-state index in [9.17, 15) is 0 Å². The van der Waals surface area contributed by atoms with Crippen LogP contribution in [0.2, 0.25) is 0 Å². The second-order valence-electron chi connectivity index (χ2n) is 1.13. The summed E-state index contributed by atoms with van der Waals surface area (Å²) < 4.78 is 0. The lowest BCUT2D eigenvalue weighted by molar-refractivity contribution is -0.353. The molecule has 1 unspecified atom stereocenters. The first-order valence-electron chi connectivity index (χ1n) is 1.55. The molecule has 0 aromatic rings. The maximum Gasteiger partial charge on any atom is 0.317 e. The lowest BCUT2D eigenvalue weighted by atomic mass is 10.5. The molecule has 0 heterocycles. The molecular formula is C2H8ClNO4. The first-order valence-corrected chi connectivity index (χ1v) is 1.55. The van der Waals surface area contributed by atoms with Gasteiger partial charge < -0.3 is 20.4 Å². The Morgan fingerprint density at radius 1 is 1.25 bits per heavy atom. The predicted molar refractivity (Wildman–Crippen MR) is 26.8 cm³/mol. The molecule has 0 saturated heterocycles. The summed E-state index contributed by atoms with van der Waals surface area (Å²) in [6.45, 7) is 0. The van der Waals surface area contributed by atoms with Gasteiger partial charge in [0.1, 0.15) is 0 Å². The fourth-order valence-corrected chi connectivity index (χ4v) is 0. The highest BCUT2D eigenvalue weighted by molar-refractivity contribution is 5.85. The Bertz CT molecular complexity index is 59.5. The van der Waals surface area contributed by atoms with Gasteiger partial charge in [0.05, 0.1) is 0 Å². The molecule has 6 N–H and O–H groups in total. The molecule has 52 valence electrons. The number of rotatable bonds is 1. The number of halogens is 1. The third-order valence-corrected chi connectivity index (χ3v) is 0.397. The average molecular weight is 146 g/mol. The minimum absolute atomic E-state index is 0. The van der Waals surface area contributed by atoms with Gasteiger partial charge in [-0.25, -0.2) is 0 Å². The van der Waals surface area contributed by atoms with E-state index in [2.05, 4.69) is 5.73 Å². The highest BCUT2D eigenvalue weighted by Gasteiger charge is 2.25. The third kappa shape index (κ3) is 4.25. The van der Waals surface area contributed by atoms with Crippen molar-refractivity contribution in [2.24, 2.45) is 5.73 Å².